The summed E-state index contributed by atoms with van der Waals surface area (Å²) >= 11 is 7.67. The summed E-state index contributed by atoms with van der Waals surface area (Å²) in [5.41, 5.74) is 0.387. The molecular formula is C11H13ClN2OS. The molecule has 2 rings (SSSR count). The highest BCUT2D eigenvalue weighted by molar-refractivity contribution is 7.99. The van der Waals surface area contributed by atoms with Crippen LogP contribution in [0.2, 0.25) is 5.15 Å². The van der Waals surface area contributed by atoms with Crippen LogP contribution in [0, 0.1) is 5.92 Å². The lowest BCUT2D eigenvalue weighted by Crippen LogP contribution is -2.29. The van der Waals surface area contributed by atoms with Crippen LogP contribution in [0.4, 0.5) is 0 Å². The molecule has 1 fully saturated rings. The SMILES string of the molecule is O=C(NCC1CCSC1)c1cccc(Cl)n1. The molecule has 16 heavy (non-hydrogen) atoms. The zero-order valence-electron chi connectivity index (χ0n) is 8.78. The first-order valence-corrected chi connectivity index (χ1v) is 6.77. The molecule has 1 amide bonds. The largest absolute Gasteiger partial charge is 0.350 e. The van der Waals surface area contributed by atoms with Gasteiger partial charge in [-0.2, -0.15) is 11.8 Å². The zero-order chi connectivity index (χ0) is 11.4. The van der Waals surface area contributed by atoms with Gasteiger partial charge in [0.25, 0.3) is 5.91 Å². The van der Waals surface area contributed by atoms with Crippen molar-refractivity contribution in [3.05, 3.63) is 29.0 Å². The van der Waals surface area contributed by atoms with Crippen LogP contribution in [-0.4, -0.2) is 28.9 Å². The van der Waals surface area contributed by atoms with Crippen molar-refractivity contribution >= 4 is 29.3 Å². The lowest BCUT2D eigenvalue weighted by atomic mass is 10.1. The van der Waals surface area contributed by atoms with E-state index in [0.29, 0.717) is 16.8 Å². The number of pyridine rings is 1. The van der Waals surface area contributed by atoms with Gasteiger partial charge in [-0.05, 0) is 36.0 Å². The number of nitrogens with zero attached hydrogens (tertiary/aromatic N) is 1. The Morgan fingerprint density at radius 2 is 2.50 bits per heavy atom. The Morgan fingerprint density at radius 1 is 1.62 bits per heavy atom. The second-order valence-corrected chi connectivity index (χ2v) is 5.32. The molecule has 0 spiro atoms. The van der Waals surface area contributed by atoms with E-state index in [2.05, 4.69) is 10.3 Å². The molecule has 0 aliphatic carbocycles. The topological polar surface area (TPSA) is 42.0 Å². The maximum Gasteiger partial charge on any atom is 0.269 e. The Balaban J connectivity index is 1.87. The highest BCUT2D eigenvalue weighted by atomic mass is 35.5. The van der Waals surface area contributed by atoms with Crippen LogP contribution in [0.5, 0.6) is 0 Å². The minimum Gasteiger partial charge on any atom is -0.350 e. The first-order chi connectivity index (χ1) is 7.75. The van der Waals surface area contributed by atoms with E-state index in [-0.39, 0.29) is 5.91 Å². The summed E-state index contributed by atoms with van der Waals surface area (Å²) in [6, 6.07) is 5.06. The van der Waals surface area contributed by atoms with E-state index in [1.54, 1.807) is 18.2 Å². The van der Waals surface area contributed by atoms with Crippen LogP contribution in [0.25, 0.3) is 0 Å². The fraction of sp³-hybridized carbons (Fsp3) is 0.455. The van der Waals surface area contributed by atoms with E-state index in [0.717, 1.165) is 12.3 Å². The first-order valence-electron chi connectivity index (χ1n) is 5.24. The summed E-state index contributed by atoms with van der Waals surface area (Å²) in [5.74, 6) is 2.81. The minimum absolute atomic E-state index is 0.139. The molecule has 3 nitrogen and oxygen atoms in total. The number of hydrogen-bond acceptors (Lipinski definition) is 3. The molecule has 1 N–H and O–H groups in total. The number of carbonyl (C=O) groups excluding carboxylic acids is 1. The van der Waals surface area contributed by atoms with Gasteiger partial charge in [0.1, 0.15) is 10.8 Å². The van der Waals surface area contributed by atoms with E-state index in [4.69, 9.17) is 11.6 Å². The van der Waals surface area contributed by atoms with Gasteiger partial charge in [0, 0.05) is 6.54 Å². The van der Waals surface area contributed by atoms with Gasteiger partial charge in [0.15, 0.2) is 0 Å². The van der Waals surface area contributed by atoms with Gasteiger partial charge in [-0.15, -0.1) is 0 Å². The standard InChI is InChI=1S/C11H13ClN2OS/c12-10-3-1-2-9(14-10)11(15)13-6-8-4-5-16-7-8/h1-3,8H,4-7H2,(H,13,15). The van der Waals surface area contributed by atoms with Gasteiger partial charge in [0.2, 0.25) is 0 Å². The molecule has 5 heteroatoms. The molecule has 0 aromatic carbocycles. The molecule has 1 atom stereocenters. The van der Waals surface area contributed by atoms with E-state index >= 15 is 0 Å². The molecule has 0 saturated carbocycles. The summed E-state index contributed by atoms with van der Waals surface area (Å²) in [5, 5.41) is 3.25. The average molecular weight is 257 g/mol. The van der Waals surface area contributed by atoms with Crippen LogP contribution in [0.3, 0.4) is 0 Å². The maximum atomic E-state index is 11.7. The third kappa shape index (κ3) is 3.12. The highest BCUT2D eigenvalue weighted by Crippen LogP contribution is 2.22. The molecule has 1 aliphatic heterocycles. The number of rotatable bonds is 3. The third-order valence-corrected chi connectivity index (χ3v) is 3.97. The van der Waals surface area contributed by atoms with E-state index in [1.807, 2.05) is 11.8 Å². The molecule has 0 radical (unpaired) electrons. The van der Waals surface area contributed by atoms with Gasteiger partial charge >= 0.3 is 0 Å². The number of thioether (sulfide) groups is 1. The van der Waals surface area contributed by atoms with Crippen LogP contribution < -0.4 is 5.32 Å². The molecular weight excluding hydrogens is 244 g/mol. The van der Waals surface area contributed by atoms with Crippen molar-refractivity contribution in [1.82, 2.24) is 10.3 Å². The summed E-state index contributed by atoms with van der Waals surface area (Å²) in [6.45, 7) is 0.736. The molecule has 1 aromatic rings. The zero-order valence-corrected chi connectivity index (χ0v) is 10.4. The van der Waals surface area contributed by atoms with Crippen molar-refractivity contribution < 1.29 is 4.79 Å². The molecule has 1 saturated heterocycles. The molecule has 0 bridgehead atoms. The number of amides is 1. The normalized spacial score (nSPS) is 19.7. The number of nitrogens with one attached hydrogen (secondary N) is 1. The van der Waals surface area contributed by atoms with Crippen LogP contribution in [0.15, 0.2) is 18.2 Å². The number of hydrogen-bond donors (Lipinski definition) is 1. The van der Waals surface area contributed by atoms with Crippen molar-refractivity contribution in [2.24, 2.45) is 5.92 Å². The third-order valence-electron chi connectivity index (χ3n) is 2.52. The molecule has 86 valence electrons. The molecule has 1 aromatic heterocycles. The van der Waals surface area contributed by atoms with Crippen LogP contribution in [-0.2, 0) is 0 Å². The lowest BCUT2D eigenvalue weighted by Gasteiger charge is -2.09. The summed E-state index contributed by atoms with van der Waals surface area (Å²) in [7, 11) is 0. The molecule has 2 heterocycles. The van der Waals surface area contributed by atoms with E-state index in [9.17, 15) is 4.79 Å². The Morgan fingerprint density at radius 3 is 3.19 bits per heavy atom. The van der Waals surface area contributed by atoms with Gasteiger partial charge < -0.3 is 5.32 Å². The molecule has 1 unspecified atom stereocenters. The van der Waals surface area contributed by atoms with Gasteiger partial charge in [-0.25, -0.2) is 4.98 Å². The summed E-state index contributed by atoms with van der Waals surface area (Å²) < 4.78 is 0. The lowest BCUT2D eigenvalue weighted by molar-refractivity contribution is 0.0943. The first kappa shape index (κ1) is 11.7. The predicted molar refractivity (Wildman–Crippen MR) is 67.0 cm³/mol. The highest BCUT2D eigenvalue weighted by Gasteiger charge is 2.16. The number of carbonyl (C=O) groups is 1. The van der Waals surface area contributed by atoms with Gasteiger partial charge in [0.05, 0.1) is 0 Å². The monoisotopic (exact) mass is 256 g/mol. The molecule has 1 aliphatic rings. The fourth-order valence-electron chi connectivity index (χ4n) is 1.61. The van der Waals surface area contributed by atoms with Crippen molar-refractivity contribution in [2.45, 2.75) is 6.42 Å². The van der Waals surface area contributed by atoms with Crippen LogP contribution >= 0.6 is 23.4 Å². The average Bonchev–Trinajstić information content (AvgIpc) is 2.78. The van der Waals surface area contributed by atoms with E-state index in [1.165, 1.54) is 12.2 Å². The Kier molecular flexibility index (Phi) is 4.07. The van der Waals surface area contributed by atoms with Crippen molar-refractivity contribution in [2.75, 3.05) is 18.1 Å². The second-order valence-electron chi connectivity index (χ2n) is 3.79. The van der Waals surface area contributed by atoms with Crippen molar-refractivity contribution in [3.63, 3.8) is 0 Å². The predicted octanol–water partition coefficient (Wildman–Crippen LogP) is 2.22. The Labute approximate surface area is 104 Å². The van der Waals surface area contributed by atoms with Gasteiger partial charge in [-0.3, -0.25) is 4.79 Å². The Hall–Kier alpha value is -0.740. The number of halogens is 1. The van der Waals surface area contributed by atoms with Gasteiger partial charge in [-0.1, -0.05) is 17.7 Å². The quantitative estimate of drug-likeness (QED) is 0.844. The minimum atomic E-state index is -0.139. The second kappa shape index (κ2) is 5.55. The Bertz CT molecular complexity index is 380. The number of aromatic nitrogens is 1. The summed E-state index contributed by atoms with van der Waals surface area (Å²) in [4.78, 5) is 15.7. The van der Waals surface area contributed by atoms with Crippen LogP contribution in [0.1, 0.15) is 16.9 Å². The summed E-state index contributed by atoms with van der Waals surface area (Å²) in [6.07, 6.45) is 1.19. The van der Waals surface area contributed by atoms with E-state index < -0.39 is 0 Å². The fourth-order valence-corrected chi connectivity index (χ4v) is 3.05. The maximum absolute atomic E-state index is 11.7. The van der Waals surface area contributed by atoms with Crippen molar-refractivity contribution in [1.29, 1.82) is 0 Å². The smallest absolute Gasteiger partial charge is 0.269 e. The van der Waals surface area contributed by atoms with Crippen molar-refractivity contribution in [3.8, 4) is 0 Å².